The Morgan fingerprint density at radius 2 is 0.763 bits per heavy atom. The Hall–Kier alpha value is -5.35. The van der Waals surface area contributed by atoms with Crippen LogP contribution in [0.5, 0.6) is 0 Å². The van der Waals surface area contributed by atoms with Crippen LogP contribution in [0.2, 0.25) is 20.1 Å². The molecule has 2 aliphatic heterocycles. The number of nitrogens with zero attached hydrogens (tertiary/aromatic N) is 2. The molecule has 2 aliphatic rings. The number of aromatic nitrogens is 4. The first-order valence-electron chi connectivity index (χ1n) is 17.9. The van der Waals surface area contributed by atoms with Gasteiger partial charge in [-0.2, -0.15) is 17.6 Å². The summed E-state index contributed by atoms with van der Waals surface area (Å²) < 4.78 is 62.7. The number of benzene rings is 4. The fourth-order valence-electron chi connectivity index (χ4n) is 7.37. The smallest absolute Gasteiger partial charge is 0.354 e. The average Bonchev–Trinajstić information content (AvgIpc) is 4.04. The Labute approximate surface area is 359 Å². The number of fused-ring (bicyclic) bond motifs is 8. The van der Waals surface area contributed by atoms with E-state index >= 15 is 17.6 Å². The largest absolute Gasteiger partial charge is 0.388 e. The maximum Gasteiger partial charge on any atom is 0.388 e. The van der Waals surface area contributed by atoms with Crippen LogP contribution in [0.1, 0.15) is 28.3 Å². The summed E-state index contributed by atoms with van der Waals surface area (Å²) in [6.45, 7) is 0. The van der Waals surface area contributed by atoms with Crippen LogP contribution in [0.15, 0.2) is 115 Å². The van der Waals surface area contributed by atoms with E-state index in [4.69, 9.17) is 68.0 Å². The molecule has 0 spiro atoms. The van der Waals surface area contributed by atoms with E-state index in [0.29, 0.717) is 81.6 Å². The fourth-order valence-corrected chi connectivity index (χ4v) is 7.97. The molecular weight excluding hydrogens is 862 g/mol. The predicted octanol–water partition coefficient (Wildman–Crippen LogP) is 15.9. The van der Waals surface area contributed by atoms with Crippen molar-refractivity contribution in [3.8, 4) is 44.5 Å². The zero-order valence-corrected chi connectivity index (χ0v) is 33.9. The molecule has 0 atom stereocenters. The summed E-state index contributed by atoms with van der Waals surface area (Å²) in [5, 5.41) is -3.15. The fraction of sp³-hybridized carbons (Fsp3) is 0.0435. The third-order valence-electron chi connectivity index (χ3n) is 10.1. The SMILES string of the molecule is FC(F)(Cl)C(F)(F)c1cc2[nH]c1c(-c1ccc(Cl)cc1)c1nc(c(-c3ccc(Cl)cc3)c3nc(c(-c4ccc(Cl)cc4)c4ccc([nH]4)c2-c2ccc(Cl)cc2)C=C3)C=C1. The van der Waals surface area contributed by atoms with Crippen molar-refractivity contribution in [3.63, 3.8) is 0 Å². The van der Waals surface area contributed by atoms with Crippen molar-refractivity contribution < 1.29 is 17.6 Å². The second-order valence-electron chi connectivity index (χ2n) is 13.8. The van der Waals surface area contributed by atoms with Crippen molar-refractivity contribution >= 4 is 104 Å². The van der Waals surface area contributed by atoms with Crippen molar-refractivity contribution in [2.75, 3.05) is 0 Å². The Kier molecular flexibility index (Phi) is 9.97. The van der Waals surface area contributed by atoms with E-state index in [1.54, 1.807) is 91.0 Å². The molecule has 8 bridgehead atoms. The molecule has 0 unspecified atom stereocenters. The standard InChI is InChI=1S/C46H25Cl5F4N4/c47-28-9-1-24(2-10-28)40-33-17-18-34(56-33)41(25-3-11-29(48)12-4-25)36-21-22-38(58-36)43(27-7-15-31(50)16-8-27)44-32(45(52,53)46(51,54)55)23-39(59-44)42(37-20-19-35(40)57-37)26-5-13-30(49)14-6-26/h1-23,57,59H. The minimum atomic E-state index is -4.99. The Morgan fingerprint density at radius 3 is 1.20 bits per heavy atom. The zero-order valence-electron chi connectivity index (χ0n) is 30.1. The van der Waals surface area contributed by atoms with Crippen LogP contribution in [0.4, 0.5) is 17.6 Å². The number of H-pyrrole nitrogens is 2. The third-order valence-corrected chi connectivity index (χ3v) is 11.3. The van der Waals surface area contributed by atoms with Crippen molar-refractivity contribution in [1.82, 2.24) is 19.9 Å². The lowest BCUT2D eigenvalue weighted by atomic mass is 9.99. The lowest BCUT2D eigenvalue weighted by Gasteiger charge is -2.21. The maximum absolute atomic E-state index is 16.3. The van der Waals surface area contributed by atoms with Crippen molar-refractivity contribution in [3.05, 3.63) is 164 Å². The van der Waals surface area contributed by atoms with Gasteiger partial charge < -0.3 is 9.97 Å². The van der Waals surface area contributed by atoms with Crippen molar-refractivity contribution in [1.29, 1.82) is 0 Å². The number of halogens is 9. The van der Waals surface area contributed by atoms with Gasteiger partial charge in [-0.05, 0) is 125 Å². The minimum absolute atomic E-state index is 0.0758. The van der Waals surface area contributed by atoms with Gasteiger partial charge in [0.25, 0.3) is 0 Å². The van der Waals surface area contributed by atoms with Gasteiger partial charge in [0, 0.05) is 58.9 Å². The van der Waals surface area contributed by atoms with E-state index in [9.17, 15) is 0 Å². The molecule has 5 heterocycles. The van der Waals surface area contributed by atoms with E-state index in [0.717, 1.165) is 11.6 Å². The van der Waals surface area contributed by atoms with Crippen LogP contribution in [0, 0.1) is 0 Å². The molecule has 9 rings (SSSR count). The molecule has 4 nitrogen and oxygen atoms in total. The van der Waals surface area contributed by atoms with Gasteiger partial charge in [-0.15, -0.1) is 0 Å². The number of hydrogen-bond donors (Lipinski definition) is 2. The summed E-state index contributed by atoms with van der Waals surface area (Å²) in [4.78, 5) is 16.8. The molecule has 59 heavy (non-hydrogen) atoms. The highest BCUT2D eigenvalue weighted by molar-refractivity contribution is 6.31. The number of nitrogens with one attached hydrogen (secondary N) is 2. The first-order valence-corrected chi connectivity index (χ1v) is 19.8. The first-order chi connectivity index (χ1) is 28.2. The first kappa shape index (κ1) is 39.1. The monoisotopic (exact) mass is 884 g/mol. The Bertz CT molecular complexity index is 3020. The van der Waals surface area contributed by atoms with Crippen molar-refractivity contribution in [2.24, 2.45) is 0 Å². The molecule has 0 fully saturated rings. The molecule has 0 radical (unpaired) electrons. The minimum Gasteiger partial charge on any atom is -0.354 e. The lowest BCUT2D eigenvalue weighted by molar-refractivity contribution is -0.163. The summed E-state index contributed by atoms with van der Waals surface area (Å²) in [7, 11) is 0. The van der Waals surface area contributed by atoms with E-state index in [-0.39, 0.29) is 22.3 Å². The number of hydrogen-bond acceptors (Lipinski definition) is 2. The average molecular weight is 887 g/mol. The van der Waals surface area contributed by atoms with E-state index in [1.807, 2.05) is 42.5 Å². The Balaban J connectivity index is 1.54. The van der Waals surface area contributed by atoms with Crippen LogP contribution in [-0.4, -0.2) is 25.3 Å². The van der Waals surface area contributed by atoms with Crippen LogP contribution < -0.4 is 0 Å². The van der Waals surface area contributed by atoms with Gasteiger partial charge in [-0.3, -0.25) is 0 Å². The molecule has 0 amide bonds. The van der Waals surface area contributed by atoms with Crippen LogP contribution in [-0.2, 0) is 5.92 Å². The number of aromatic amines is 2. The van der Waals surface area contributed by atoms with E-state index < -0.39 is 16.9 Å². The molecule has 0 saturated heterocycles. The highest BCUT2D eigenvalue weighted by Crippen LogP contribution is 2.50. The highest BCUT2D eigenvalue weighted by Gasteiger charge is 2.57. The highest BCUT2D eigenvalue weighted by atomic mass is 35.5. The maximum atomic E-state index is 16.3. The van der Waals surface area contributed by atoms with Gasteiger partial charge in [0.1, 0.15) is 0 Å². The second kappa shape index (κ2) is 15.0. The summed E-state index contributed by atoms with van der Waals surface area (Å²) in [5.74, 6) is -4.88. The van der Waals surface area contributed by atoms with E-state index in [1.165, 1.54) is 0 Å². The molecule has 13 heteroatoms. The number of rotatable bonds is 6. The normalized spacial score (nSPS) is 12.7. The van der Waals surface area contributed by atoms with Gasteiger partial charge in [0.15, 0.2) is 0 Å². The molecule has 0 aliphatic carbocycles. The summed E-state index contributed by atoms with van der Waals surface area (Å²) in [6, 6.07) is 32.1. The van der Waals surface area contributed by atoms with Gasteiger partial charge in [-0.25, -0.2) is 9.97 Å². The number of alkyl halides is 5. The molecule has 3 aromatic heterocycles. The van der Waals surface area contributed by atoms with Crippen LogP contribution >= 0.6 is 58.0 Å². The molecule has 4 aromatic carbocycles. The summed E-state index contributed by atoms with van der Waals surface area (Å²) in [5.41, 5.74) is 5.71. The van der Waals surface area contributed by atoms with E-state index in [2.05, 4.69) is 9.97 Å². The quantitative estimate of drug-likeness (QED) is 0.129. The van der Waals surface area contributed by atoms with Gasteiger partial charge in [-0.1, -0.05) is 94.9 Å². The summed E-state index contributed by atoms with van der Waals surface area (Å²) in [6.07, 6.45) is 7.15. The Morgan fingerprint density at radius 1 is 0.407 bits per heavy atom. The van der Waals surface area contributed by atoms with Gasteiger partial charge in [0.05, 0.1) is 33.9 Å². The topological polar surface area (TPSA) is 57.4 Å². The molecule has 7 aromatic rings. The molecule has 0 saturated carbocycles. The molecule has 2 N–H and O–H groups in total. The predicted molar refractivity (Wildman–Crippen MR) is 235 cm³/mol. The van der Waals surface area contributed by atoms with Gasteiger partial charge in [0.2, 0.25) is 0 Å². The zero-order chi connectivity index (χ0) is 41.2. The van der Waals surface area contributed by atoms with Crippen LogP contribution in [0.3, 0.4) is 0 Å². The second-order valence-corrected chi connectivity index (χ2v) is 16.0. The lowest BCUT2D eigenvalue weighted by Crippen LogP contribution is -2.32. The van der Waals surface area contributed by atoms with Crippen molar-refractivity contribution in [2.45, 2.75) is 11.3 Å². The van der Waals surface area contributed by atoms with Gasteiger partial charge >= 0.3 is 11.3 Å². The molecular formula is C46H25Cl5F4N4. The summed E-state index contributed by atoms with van der Waals surface area (Å²) >= 11 is 30.5. The van der Waals surface area contributed by atoms with Crippen LogP contribution in [0.25, 0.3) is 90.9 Å². The molecule has 292 valence electrons. The third kappa shape index (κ3) is 7.23.